The van der Waals surface area contributed by atoms with E-state index in [4.69, 9.17) is 31.9 Å². The van der Waals surface area contributed by atoms with Crippen LogP contribution < -0.4 is 5.73 Å². The van der Waals surface area contributed by atoms with Gasteiger partial charge in [-0.1, -0.05) is 60.7 Å². The van der Waals surface area contributed by atoms with Crippen molar-refractivity contribution in [3.8, 4) is 0 Å². The molecule has 2 amide bonds. The van der Waals surface area contributed by atoms with Crippen molar-refractivity contribution in [2.75, 3.05) is 24.7 Å². The number of Topliss-reactive ketones (excluding diaryl/α,β-unsaturated/α-hetero) is 1. The lowest BCUT2D eigenvalue weighted by molar-refractivity contribution is -0.154. The highest BCUT2D eigenvalue weighted by Gasteiger charge is 2.54. The molecule has 4 atom stereocenters. The first-order valence-corrected chi connectivity index (χ1v) is 19.2. The number of hydrogen-bond donors (Lipinski definition) is 3. The topological polar surface area (TPSA) is 228 Å². The van der Waals surface area contributed by atoms with E-state index >= 15 is 0 Å². The number of carboxylic acids is 2. The molecule has 4 unspecified atom stereocenters. The Morgan fingerprint density at radius 2 is 1.16 bits per heavy atom. The Kier molecular flexibility index (Phi) is 15.2. The summed E-state index contributed by atoms with van der Waals surface area (Å²) in [6.45, 7) is 2.21. The lowest BCUT2D eigenvalue weighted by Gasteiger charge is -2.49. The number of fused-ring (bicyclic) bond motifs is 2. The van der Waals surface area contributed by atoms with Gasteiger partial charge in [-0.3, -0.25) is 38.6 Å². The second-order valence-electron chi connectivity index (χ2n) is 12.4. The minimum Gasteiger partial charge on any atom is -0.477 e. The second-order valence-corrected chi connectivity index (χ2v) is 15.1. The maximum Gasteiger partial charge on any atom is 0.352 e. The SMILES string of the molecule is CC(=O)OCC1=C(C(=O)O)N2C(=O)C(CC(=O)Cc3ccccc3)C2SC1.CC(=O)OCC1=C(C(=O)O)N2C(=O)C(N)C2SC1.O=C(Cl)Cc1ccccc1. The van der Waals surface area contributed by atoms with Gasteiger partial charge in [0.05, 0.1) is 11.3 Å². The molecule has 0 bridgehead atoms. The fourth-order valence-corrected chi connectivity index (χ4v) is 8.72. The van der Waals surface area contributed by atoms with Crippen molar-refractivity contribution in [3.05, 3.63) is 94.3 Å². The number of halogens is 1. The number of nitrogens with two attached hydrogens (primary N) is 1. The van der Waals surface area contributed by atoms with Crippen LogP contribution in [0.25, 0.3) is 0 Å². The molecule has 2 fully saturated rings. The Morgan fingerprint density at radius 3 is 1.60 bits per heavy atom. The molecule has 0 radical (unpaired) electrons. The number of esters is 2. The first-order chi connectivity index (χ1) is 26.1. The molecule has 0 aromatic heterocycles. The quantitative estimate of drug-likeness (QED) is 0.159. The summed E-state index contributed by atoms with van der Waals surface area (Å²) in [6, 6.07) is 18.1. The Bertz CT molecular complexity index is 1910. The summed E-state index contributed by atoms with van der Waals surface area (Å²) in [5, 5.41) is 17.7. The number of ketones is 1. The molecule has 18 heteroatoms. The molecule has 2 saturated heterocycles. The van der Waals surface area contributed by atoms with Crippen molar-refractivity contribution in [2.24, 2.45) is 11.7 Å². The Hall–Kier alpha value is -4.97. The monoisotopic (exact) mass is 815 g/mol. The average Bonchev–Trinajstić information content (AvgIpc) is 3.15. The second kappa shape index (κ2) is 19.6. The van der Waals surface area contributed by atoms with Gasteiger partial charge in [-0.05, 0) is 22.7 Å². The number of ether oxygens (including phenoxy) is 2. The number of aliphatic carboxylic acids is 2. The number of thioether (sulfide) groups is 2. The number of rotatable bonds is 12. The largest absolute Gasteiger partial charge is 0.477 e. The van der Waals surface area contributed by atoms with Gasteiger partial charge in [0.15, 0.2) is 0 Å². The minimum atomic E-state index is -1.23. The van der Waals surface area contributed by atoms with Gasteiger partial charge in [-0.2, -0.15) is 0 Å². The van der Waals surface area contributed by atoms with Crippen LogP contribution in [0.3, 0.4) is 0 Å². The third kappa shape index (κ3) is 11.1. The summed E-state index contributed by atoms with van der Waals surface area (Å²) in [6.07, 6.45) is 0.664. The molecule has 2 aromatic carbocycles. The summed E-state index contributed by atoms with van der Waals surface area (Å²) in [7, 11) is 0. The van der Waals surface area contributed by atoms with E-state index in [9.17, 15) is 43.5 Å². The first kappa shape index (κ1) is 42.8. The van der Waals surface area contributed by atoms with Gasteiger partial charge < -0.3 is 25.4 Å². The van der Waals surface area contributed by atoms with Crippen LogP contribution in [-0.4, -0.2) is 108 Å². The van der Waals surface area contributed by atoms with E-state index in [1.165, 1.54) is 47.2 Å². The number of carbonyl (C=O) groups is 8. The zero-order valence-corrected chi connectivity index (χ0v) is 32.1. The van der Waals surface area contributed by atoms with E-state index in [-0.39, 0.29) is 65.1 Å². The Morgan fingerprint density at radius 1 is 0.727 bits per heavy atom. The van der Waals surface area contributed by atoms with E-state index in [0.29, 0.717) is 29.1 Å². The fourth-order valence-electron chi connectivity index (χ4n) is 5.89. The van der Waals surface area contributed by atoms with Crippen molar-refractivity contribution in [2.45, 2.75) is 49.9 Å². The van der Waals surface area contributed by atoms with E-state index < -0.39 is 41.7 Å². The lowest BCUT2D eigenvalue weighted by atomic mass is 9.89. The summed E-state index contributed by atoms with van der Waals surface area (Å²) in [5.74, 6) is -4.07. The molecule has 4 aliphatic heterocycles. The number of carbonyl (C=O) groups excluding carboxylic acids is 6. The third-order valence-corrected chi connectivity index (χ3v) is 11.3. The third-order valence-electron chi connectivity index (χ3n) is 8.43. The predicted octanol–water partition coefficient (Wildman–Crippen LogP) is 2.75. The van der Waals surface area contributed by atoms with Crippen LogP contribution in [0.1, 0.15) is 31.4 Å². The molecule has 4 heterocycles. The van der Waals surface area contributed by atoms with Crippen LogP contribution in [0.15, 0.2) is 83.2 Å². The standard InChI is InChI=1S/C19H19NO6S.C10H12N2O5S.C8H7ClO/c1-11(21)26-9-13-10-27-18-15(17(23)20(18)16(13)19(24)25)8-14(22)7-12-5-3-2-4-6-12;1-4(13)17-2-5-3-18-9-6(11)8(14)12(9)7(5)10(15)16;9-8(10)6-7-4-2-1-3-5-7/h2-6,15,18H,7-10H2,1H3,(H,24,25);6,9H,2-3,11H2,1H3,(H,15,16);1-5H,6H2. The Labute approximate surface area is 329 Å². The van der Waals surface area contributed by atoms with Gasteiger partial charge in [0.1, 0.15) is 41.8 Å². The number of hydrogen-bond acceptors (Lipinski definition) is 13. The van der Waals surface area contributed by atoms with Gasteiger partial charge in [0.2, 0.25) is 17.1 Å². The van der Waals surface area contributed by atoms with E-state index in [0.717, 1.165) is 11.1 Å². The van der Waals surface area contributed by atoms with Crippen LogP contribution in [0.5, 0.6) is 0 Å². The average molecular weight is 816 g/mol. The number of carboxylic acid groups (broad SMARTS) is 2. The summed E-state index contributed by atoms with van der Waals surface area (Å²) in [4.78, 5) is 93.8. The van der Waals surface area contributed by atoms with Crippen molar-refractivity contribution in [3.63, 3.8) is 0 Å². The molecule has 55 heavy (non-hydrogen) atoms. The Balaban J connectivity index is 0.000000205. The van der Waals surface area contributed by atoms with Gasteiger partial charge in [-0.15, -0.1) is 23.5 Å². The van der Waals surface area contributed by atoms with Crippen LogP contribution >= 0.6 is 35.1 Å². The maximum absolute atomic E-state index is 12.5. The highest BCUT2D eigenvalue weighted by Crippen LogP contribution is 2.45. The minimum absolute atomic E-state index is 0.0497. The van der Waals surface area contributed by atoms with Crippen molar-refractivity contribution >= 4 is 81.8 Å². The molecule has 4 aliphatic rings. The smallest absolute Gasteiger partial charge is 0.352 e. The number of benzene rings is 2. The van der Waals surface area contributed by atoms with Crippen LogP contribution in [0, 0.1) is 5.92 Å². The molecule has 4 N–H and O–H groups in total. The molecular formula is C37H38ClN3O12S2. The lowest BCUT2D eigenvalue weighted by Crippen LogP contribution is -2.68. The van der Waals surface area contributed by atoms with Crippen molar-refractivity contribution in [1.82, 2.24) is 9.80 Å². The predicted molar refractivity (Wildman–Crippen MR) is 201 cm³/mol. The molecule has 0 spiro atoms. The normalized spacial score (nSPS) is 20.9. The van der Waals surface area contributed by atoms with Crippen molar-refractivity contribution < 1.29 is 58.0 Å². The molecule has 0 aliphatic carbocycles. The zero-order valence-electron chi connectivity index (χ0n) is 29.7. The highest BCUT2D eigenvalue weighted by atomic mass is 35.5. The number of nitrogens with zero attached hydrogens (tertiary/aromatic N) is 2. The molecule has 15 nitrogen and oxygen atoms in total. The van der Waals surface area contributed by atoms with Gasteiger partial charge >= 0.3 is 23.9 Å². The van der Waals surface area contributed by atoms with Crippen LogP contribution in [0.2, 0.25) is 0 Å². The van der Waals surface area contributed by atoms with Crippen LogP contribution in [-0.2, 0) is 60.7 Å². The van der Waals surface area contributed by atoms with Crippen molar-refractivity contribution in [1.29, 1.82) is 0 Å². The summed E-state index contributed by atoms with van der Waals surface area (Å²) >= 11 is 7.94. The molecule has 2 aromatic rings. The number of β-lactam (4-membered cyclic amide) rings is 2. The molecular weight excluding hydrogens is 778 g/mol. The van der Waals surface area contributed by atoms with Crippen LogP contribution in [0.4, 0.5) is 0 Å². The number of amides is 2. The zero-order chi connectivity index (χ0) is 40.4. The van der Waals surface area contributed by atoms with Gasteiger partial charge in [0.25, 0.3) is 0 Å². The summed E-state index contributed by atoms with van der Waals surface area (Å²) < 4.78 is 9.69. The maximum atomic E-state index is 12.5. The molecule has 6 rings (SSSR count). The fraction of sp³-hybridized carbons (Fsp3) is 0.351. The first-order valence-electron chi connectivity index (χ1n) is 16.7. The summed E-state index contributed by atoms with van der Waals surface area (Å²) in [5.41, 5.74) is 8.01. The molecule has 292 valence electrons. The van der Waals surface area contributed by atoms with Gasteiger partial charge in [-0.25, -0.2) is 9.59 Å². The van der Waals surface area contributed by atoms with E-state index in [1.807, 2.05) is 60.7 Å². The molecule has 0 saturated carbocycles. The van der Waals surface area contributed by atoms with E-state index in [2.05, 4.69) is 0 Å². The highest BCUT2D eigenvalue weighted by molar-refractivity contribution is 8.00. The van der Waals surface area contributed by atoms with E-state index in [1.54, 1.807) is 0 Å². The van der Waals surface area contributed by atoms with Gasteiger partial charge in [0, 0.05) is 55.8 Å².